The molecule has 1 aliphatic carbocycles. The average molecular weight is 324 g/mol. The van der Waals surface area contributed by atoms with Crippen LogP contribution in [0.5, 0.6) is 0 Å². The third-order valence-corrected chi connectivity index (χ3v) is 6.12. The molecule has 0 radical (unpaired) electrons. The van der Waals surface area contributed by atoms with Crippen molar-refractivity contribution in [2.45, 2.75) is 63.5 Å². The van der Waals surface area contributed by atoms with Crippen molar-refractivity contribution < 1.29 is 5.11 Å². The Labute approximate surface area is 137 Å². The zero-order valence-corrected chi connectivity index (χ0v) is 14.3. The van der Waals surface area contributed by atoms with Crippen LogP contribution in [0.25, 0.3) is 0 Å². The van der Waals surface area contributed by atoms with E-state index in [9.17, 15) is 5.11 Å². The monoisotopic (exact) mass is 323 g/mol. The van der Waals surface area contributed by atoms with Gasteiger partial charge in [0, 0.05) is 36.6 Å². The molecule has 0 atom stereocenters. The SMILES string of the molecule is OC1CCN(CCCNCc2cnc(C3CCCC3)s2)CC1. The van der Waals surface area contributed by atoms with Gasteiger partial charge >= 0.3 is 0 Å². The molecule has 1 aromatic heterocycles. The predicted molar refractivity (Wildman–Crippen MR) is 91.3 cm³/mol. The molecule has 4 nitrogen and oxygen atoms in total. The van der Waals surface area contributed by atoms with Gasteiger partial charge in [-0.1, -0.05) is 12.8 Å². The predicted octanol–water partition coefficient (Wildman–Crippen LogP) is 2.74. The fourth-order valence-corrected chi connectivity index (χ4v) is 4.60. The van der Waals surface area contributed by atoms with Crippen LogP contribution in [0.2, 0.25) is 0 Å². The molecular formula is C17H29N3OS. The van der Waals surface area contributed by atoms with E-state index in [1.807, 2.05) is 11.3 Å². The van der Waals surface area contributed by atoms with Crippen molar-refractivity contribution in [1.82, 2.24) is 15.2 Å². The zero-order chi connectivity index (χ0) is 15.2. The Morgan fingerprint density at radius 2 is 2.00 bits per heavy atom. The number of nitrogens with one attached hydrogen (secondary N) is 1. The second kappa shape index (κ2) is 8.39. The van der Waals surface area contributed by atoms with Gasteiger partial charge in [-0.15, -0.1) is 11.3 Å². The van der Waals surface area contributed by atoms with Crippen molar-refractivity contribution in [3.63, 3.8) is 0 Å². The summed E-state index contributed by atoms with van der Waals surface area (Å²) in [5, 5.41) is 14.4. The lowest BCUT2D eigenvalue weighted by atomic mass is 10.1. The summed E-state index contributed by atoms with van der Waals surface area (Å²) < 4.78 is 0. The highest BCUT2D eigenvalue weighted by molar-refractivity contribution is 7.11. The van der Waals surface area contributed by atoms with Crippen molar-refractivity contribution in [1.29, 1.82) is 0 Å². The Hall–Kier alpha value is -0.490. The normalized spacial score (nSPS) is 21.7. The van der Waals surface area contributed by atoms with Crippen molar-refractivity contribution >= 4 is 11.3 Å². The largest absolute Gasteiger partial charge is 0.393 e. The van der Waals surface area contributed by atoms with Crippen molar-refractivity contribution in [2.24, 2.45) is 0 Å². The number of thiazole rings is 1. The molecule has 0 spiro atoms. The molecule has 0 unspecified atom stereocenters. The molecule has 1 saturated heterocycles. The Morgan fingerprint density at radius 3 is 2.77 bits per heavy atom. The van der Waals surface area contributed by atoms with E-state index < -0.39 is 0 Å². The van der Waals surface area contributed by atoms with Gasteiger partial charge in [0.1, 0.15) is 0 Å². The smallest absolute Gasteiger partial charge is 0.0959 e. The van der Waals surface area contributed by atoms with E-state index in [0.29, 0.717) is 0 Å². The van der Waals surface area contributed by atoms with Crippen LogP contribution in [0.15, 0.2) is 6.20 Å². The van der Waals surface area contributed by atoms with E-state index in [2.05, 4.69) is 21.4 Å². The standard InChI is InChI=1S/C17H29N3OS/c21-15-6-10-20(11-7-15)9-3-8-18-12-16-13-19-17(22-16)14-4-1-2-5-14/h13-15,18,21H,1-12H2. The third kappa shape index (κ3) is 4.75. The molecule has 5 heteroatoms. The summed E-state index contributed by atoms with van der Waals surface area (Å²) in [6.45, 7) is 5.29. The lowest BCUT2D eigenvalue weighted by Gasteiger charge is -2.29. The molecule has 1 aliphatic heterocycles. The van der Waals surface area contributed by atoms with Crippen molar-refractivity contribution in [3.05, 3.63) is 16.1 Å². The Balaban J connectivity index is 1.28. The van der Waals surface area contributed by atoms with Crippen LogP contribution >= 0.6 is 11.3 Å². The molecule has 2 fully saturated rings. The van der Waals surface area contributed by atoms with Gasteiger partial charge < -0.3 is 15.3 Å². The van der Waals surface area contributed by atoms with Gasteiger partial charge in [-0.05, 0) is 45.2 Å². The van der Waals surface area contributed by atoms with Crippen LogP contribution in [0.1, 0.15) is 60.7 Å². The minimum Gasteiger partial charge on any atom is -0.393 e. The number of likely N-dealkylation sites (tertiary alicyclic amines) is 1. The van der Waals surface area contributed by atoms with Crippen molar-refractivity contribution in [3.8, 4) is 0 Å². The Bertz CT molecular complexity index is 437. The van der Waals surface area contributed by atoms with Crippen LogP contribution in [-0.4, -0.2) is 47.3 Å². The first-order chi connectivity index (χ1) is 10.8. The number of aliphatic hydroxyl groups is 1. The van der Waals surface area contributed by atoms with E-state index in [1.54, 1.807) is 0 Å². The summed E-state index contributed by atoms with van der Waals surface area (Å²) in [4.78, 5) is 8.47. The molecular weight excluding hydrogens is 294 g/mol. The van der Waals surface area contributed by atoms with Crippen LogP contribution in [0.3, 0.4) is 0 Å². The van der Waals surface area contributed by atoms with Crippen LogP contribution in [0.4, 0.5) is 0 Å². The second-order valence-electron chi connectivity index (χ2n) is 6.75. The number of aliphatic hydroxyl groups excluding tert-OH is 1. The quantitative estimate of drug-likeness (QED) is 0.758. The number of rotatable bonds is 7. The van der Waals surface area contributed by atoms with E-state index in [4.69, 9.17) is 0 Å². The summed E-state index contributed by atoms with van der Waals surface area (Å²) in [6, 6.07) is 0. The maximum Gasteiger partial charge on any atom is 0.0959 e. The maximum atomic E-state index is 9.50. The highest BCUT2D eigenvalue weighted by atomic mass is 32.1. The number of piperidine rings is 1. The fraction of sp³-hybridized carbons (Fsp3) is 0.824. The molecule has 0 amide bonds. The summed E-state index contributed by atoms with van der Waals surface area (Å²) in [5.74, 6) is 0.744. The Morgan fingerprint density at radius 1 is 1.23 bits per heavy atom. The van der Waals surface area contributed by atoms with Gasteiger partial charge in [0.05, 0.1) is 11.1 Å². The van der Waals surface area contributed by atoms with Crippen LogP contribution < -0.4 is 5.32 Å². The van der Waals surface area contributed by atoms with Gasteiger partial charge in [-0.3, -0.25) is 0 Å². The number of nitrogens with zero attached hydrogens (tertiary/aromatic N) is 2. The molecule has 3 rings (SSSR count). The first-order valence-electron chi connectivity index (χ1n) is 8.87. The first-order valence-corrected chi connectivity index (χ1v) is 9.68. The zero-order valence-electron chi connectivity index (χ0n) is 13.5. The molecule has 1 aromatic rings. The molecule has 2 heterocycles. The van der Waals surface area contributed by atoms with E-state index in [1.165, 1.54) is 42.0 Å². The minimum atomic E-state index is -0.0604. The summed E-state index contributed by atoms with van der Waals surface area (Å²) in [7, 11) is 0. The molecule has 22 heavy (non-hydrogen) atoms. The fourth-order valence-electron chi connectivity index (χ4n) is 3.55. The molecule has 1 saturated carbocycles. The van der Waals surface area contributed by atoms with Gasteiger partial charge in [0.2, 0.25) is 0 Å². The maximum absolute atomic E-state index is 9.50. The van der Waals surface area contributed by atoms with E-state index in [0.717, 1.165) is 51.5 Å². The lowest BCUT2D eigenvalue weighted by molar-refractivity contribution is 0.0821. The molecule has 2 aliphatic rings. The van der Waals surface area contributed by atoms with Crippen LogP contribution in [0, 0.1) is 0 Å². The molecule has 0 bridgehead atoms. The molecule has 124 valence electrons. The average Bonchev–Trinajstić information content (AvgIpc) is 3.19. The van der Waals surface area contributed by atoms with E-state index >= 15 is 0 Å². The highest BCUT2D eigenvalue weighted by Gasteiger charge is 2.20. The highest BCUT2D eigenvalue weighted by Crippen LogP contribution is 2.35. The molecule has 0 aromatic carbocycles. The molecule has 2 N–H and O–H groups in total. The summed E-state index contributed by atoms with van der Waals surface area (Å²) in [6.07, 6.45) is 10.5. The topological polar surface area (TPSA) is 48.4 Å². The van der Waals surface area contributed by atoms with Gasteiger partial charge in [0.15, 0.2) is 0 Å². The third-order valence-electron chi connectivity index (χ3n) is 4.96. The number of hydrogen-bond donors (Lipinski definition) is 2. The van der Waals surface area contributed by atoms with Crippen LogP contribution in [-0.2, 0) is 6.54 Å². The summed E-state index contributed by atoms with van der Waals surface area (Å²) >= 11 is 1.90. The second-order valence-corrected chi connectivity index (χ2v) is 7.90. The summed E-state index contributed by atoms with van der Waals surface area (Å²) in [5.41, 5.74) is 0. The van der Waals surface area contributed by atoms with Crippen molar-refractivity contribution in [2.75, 3.05) is 26.2 Å². The number of aromatic nitrogens is 1. The first kappa shape index (κ1) is 16.4. The Kier molecular flexibility index (Phi) is 6.24. The van der Waals surface area contributed by atoms with Gasteiger partial charge in [-0.25, -0.2) is 4.98 Å². The van der Waals surface area contributed by atoms with Gasteiger partial charge in [-0.2, -0.15) is 0 Å². The van der Waals surface area contributed by atoms with E-state index in [-0.39, 0.29) is 6.10 Å². The number of hydrogen-bond acceptors (Lipinski definition) is 5. The minimum absolute atomic E-state index is 0.0604. The van der Waals surface area contributed by atoms with Gasteiger partial charge in [0.25, 0.3) is 0 Å². The lowest BCUT2D eigenvalue weighted by Crippen LogP contribution is -2.37.